The van der Waals surface area contributed by atoms with Crippen molar-refractivity contribution in [2.75, 3.05) is 31.7 Å². The molecule has 4 aliphatic heterocycles. The van der Waals surface area contributed by atoms with Gasteiger partial charge in [0.1, 0.15) is 47.8 Å². The first-order chi connectivity index (χ1) is 35.1. The van der Waals surface area contributed by atoms with E-state index < -0.39 is 116 Å². The number of ether oxygens (including phenoxy) is 3. The number of phosphoric acid groups is 1. The highest BCUT2D eigenvalue weighted by atomic mass is 32.5. The Bertz CT molecular complexity index is 3080. The predicted octanol–water partition coefficient (Wildman–Crippen LogP) is 6.51. The fourth-order valence-corrected chi connectivity index (χ4v) is 22.9. The molecule has 1 aromatic carbocycles. The third-order valence-corrected chi connectivity index (χ3v) is 26.8. The molecule has 0 radical (unpaired) electrons. The Balaban J connectivity index is 1.13. The second-order valence-electron chi connectivity index (χ2n) is 19.7. The molecular formula is C44H58FN9O15P2SSi2. The summed E-state index contributed by atoms with van der Waals surface area (Å²) < 4.78 is 98.9. The Morgan fingerprint density at radius 2 is 1.73 bits per heavy atom. The Morgan fingerprint density at radius 1 is 1.00 bits per heavy atom. The molecule has 10 atom stereocenters. The molecule has 4 aliphatic rings. The minimum atomic E-state index is -5.21. The van der Waals surface area contributed by atoms with Gasteiger partial charge in [-0.05, 0) is 46.1 Å². The van der Waals surface area contributed by atoms with Gasteiger partial charge in [0.2, 0.25) is 0 Å². The largest absolute Gasteiger partial charge is 0.472 e. The number of H-pyrrole nitrogens is 1. The smallest absolute Gasteiger partial charge is 0.414 e. The molecule has 3 unspecified atom stereocenters. The van der Waals surface area contributed by atoms with Crippen LogP contribution in [0.3, 0.4) is 0 Å². The molecule has 5 aromatic rings. The van der Waals surface area contributed by atoms with Gasteiger partial charge in [0.15, 0.2) is 40.9 Å². The van der Waals surface area contributed by atoms with E-state index in [0.29, 0.717) is 5.56 Å². The SMILES string of the molecule is CC(C)[Si](O)(O[Si](O[C@H]1[C@H]2OP(=S)(OCCC#N)OC[C@@]34CO[C@@H](C(n5cnc6c(NC(=O)c7ccccc7)ncnc65)O3)[C@@H]4OP(=O)(O)OC[C@H]1O[C@H]2n1cc(F)c2c(=O)[nH]cnc21)(C(C)C)C(C)C)C(C)C. The third-order valence-electron chi connectivity index (χ3n) is 13.7. The van der Waals surface area contributed by atoms with Crippen molar-refractivity contribution in [3.8, 4) is 6.07 Å². The van der Waals surface area contributed by atoms with Gasteiger partial charge >= 0.3 is 31.7 Å². The standard InChI is InChI=1S/C44H58FN9O15P2SSi2/c1-24(2)73(59,25(3)4)69-74(26(5)6,27(7)8)68-33-30-18-62-70(57,58)67-36-35-43(54-23-51-32-37(47-21-49-39(32)54)52-40(55)28-13-10-9-11-14-28)65-44(36,19-60-35)20-63-71(72,61-16-12-15-46)66-34(33)42(64-30)53-17-29(45)31-38(53)48-22-50-41(31)56/h9-11,13-14,17,21-27,30,33-36,42-43,59H,12,16,18-20H2,1-8H3,(H,57,58)(H,48,50,56)(H,47,49,52,55)/t30-,33-,34-,35-,36+,42-,43?,44-,71?/m1/s1. The summed E-state index contributed by atoms with van der Waals surface area (Å²) in [5.74, 6) is -1.32. The molecule has 1 amide bonds. The second kappa shape index (κ2) is 21.0. The molecule has 4 N–H and O–H groups in total. The van der Waals surface area contributed by atoms with Crippen LogP contribution in [0.15, 0.2) is 60.3 Å². The topological polar surface area (TPSA) is 297 Å². The first-order valence-corrected chi connectivity index (χ1v) is 32.0. The Kier molecular flexibility index (Phi) is 15.6. The zero-order valence-electron chi connectivity index (χ0n) is 41.6. The van der Waals surface area contributed by atoms with Crippen molar-refractivity contribution in [2.45, 2.75) is 133 Å². The molecule has 4 bridgehead atoms. The van der Waals surface area contributed by atoms with E-state index in [2.05, 4.69) is 30.2 Å². The van der Waals surface area contributed by atoms with Crippen LogP contribution in [0.25, 0.3) is 22.2 Å². The highest BCUT2D eigenvalue weighted by Gasteiger charge is 2.67. The zero-order chi connectivity index (χ0) is 53.1. The van der Waals surface area contributed by atoms with Crippen LogP contribution in [0.5, 0.6) is 0 Å². The highest BCUT2D eigenvalue weighted by Crippen LogP contribution is 2.61. The lowest BCUT2D eigenvalue weighted by molar-refractivity contribution is -0.183. The van der Waals surface area contributed by atoms with Gasteiger partial charge < -0.3 is 56.4 Å². The molecule has 400 valence electrons. The van der Waals surface area contributed by atoms with Crippen LogP contribution in [0.1, 0.15) is 84.6 Å². The van der Waals surface area contributed by atoms with Gasteiger partial charge in [-0.15, -0.1) is 0 Å². The minimum Gasteiger partial charge on any atom is -0.414 e. The molecule has 4 aromatic heterocycles. The zero-order valence-corrected chi connectivity index (χ0v) is 46.2. The number of carbonyl (C=O) groups excluding carboxylic acids is 1. The number of carbonyl (C=O) groups is 1. The minimum absolute atomic E-state index is 0.0918. The van der Waals surface area contributed by atoms with Gasteiger partial charge in [-0.1, -0.05) is 73.6 Å². The van der Waals surface area contributed by atoms with Crippen LogP contribution < -0.4 is 10.9 Å². The van der Waals surface area contributed by atoms with E-state index in [1.807, 2.05) is 61.5 Å². The van der Waals surface area contributed by atoms with E-state index in [9.17, 15) is 29.1 Å². The van der Waals surface area contributed by atoms with E-state index in [4.69, 9.17) is 57.2 Å². The summed E-state index contributed by atoms with van der Waals surface area (Å²) in [6.45, 7) is 8.98. The summed E-state index contributed by atoms with van der Waals surface area (Å²) >= 11 is 6.22. The van der Waals surface area contributed by atoms with E-state index >= 15 is 4.39 Å². The van der Waals surface area contributed by atoms with Crippen molar-refractivity contribution < 1.29 is 68.8 Å². The van der Waals surface area contributed by atoms with Crippen molar-refractivity contribution in [3.63, 3.8) is 0 Å². The van der Waals surface area contributed by atoms with E-state index in [0.717, 1.165) is 12.5 Å². The molecule has 8 heterocycles. The van der Waals surface area contributed by atoms with Gasteiger partial charge in [-0.25, -0.2) is 28.9 Å². The maximum absolute atomic E-state index is 15.9. The number of anilines is 1. The molecular weight excluding hydrogens is 1060 g/mol. The molecule has 74 heavy (non-hydrogen) atoms. The summed E-state index contributed by atoms with van der Waals surface area (Å²) in [6.07, 6.45) is -5.05. The molecule has 0 saturated carbocycles. The van der Waals surface area contributed by atoms with Crippen molar-refractivity contribution in [3.05, 3.63) is 77.2 Å². The second-order valence-corrected chi connectivity index (χ2v) is 32.7. The van der Waals surface area contributed by atoms with E-state index in [-0.39, 0.29) is 64.4 Å². The monoisotopic (exact) mass is 1120 g/mol. The predicted molar refractivity (Wildman–Crippen MR) is 269 cm³/mol. The number of nitriles is 1. The lowest BCUT2D eigenvalue weighted by Gasteiger charge is -2.47. The van der Waals surface area contributed by atoms with Crippen molar-refractivity contribution in [2.24, 2.45) is 0 Å². The number of rotatable bonds is 15. The highest BCUT2D eigenvalue weighted by molar-refractivity contribution is 8.07. The van der Waals surface area contributed by atoms with Crippen molar-refractivity contribution >= 4 is 77.4 Å². The molecule has 9 rings (SSSR count). The summed E-state index contributed by atoms with van der Waals surface area (Å²) in [5, 5.41) is 12.0. The summed E-state index contributed by atoms with van der Waals surface area (Å²) in [7, 11) is -12.7. The number of hydrogen-bond donors (Lipinski definition) is 4. The fourth-order valence-electron chi connectivity index (χ4n) is 9.89. The number of hydrogen-bond acceptors (Lipinski definition) is 20. The Labute approximate surface area is 431 Å². The Morgan fingerprint density at radius 3 is 2.42 bits per heavy atom. The van der Waals surface area contributed by atoms with Gasteiger partial charge in [0.25, 0.3) is 11.5 Å². The van der Waals surface area contributed by atoms with Gasteiger partial charge in [0, 0.05) is 11.8 Å². The quantitative estimate of drug-likeness (QED) is 0.0493. The normalized spacial score (nSPS) is 29.7. The van der Waals surface area contributed by atoms with Gasteiger partial charge in [-0.3, -0.25) is 27.7 Å². The van der Waals surface area contributed by atoms with Crippen LogP contribution in [0, 0.1) is 17.1 Å². The summed E-state index contributed by atoms with van der Waals surface area (Å²) in [4.78, 5) is 70.3. The van der Waals surface area contributed by atoms with Crippen LogP contribution in [-0.4, -0.2) is 129 Å². The number of aromatic nitrogens is 7. The number of fused-ring (bicyclic) bond motifs is 4. The number of aromatic amines is 1. The summed E-state index contributed by atoms with van der Waals surface area (Å²) in [5.41, 5.74) is -3.31. The van der Waals surface area contributed by atoms with Crippen LogP contribution >= 0.6 is 14.5 Å². The van der Waals surface area contributed by atoms with Crippen molar-refractivity contribution in [1.82, 2.24) is 34.1 Å². The number of halogens is 1. The number of phosphoric ester groups is 1. The first-order valence-electron chi connectivity index (χ1n) is 24.0. The molecule has 24 nitrogen and oxygen atoms in total. The van der Waals surface area contributed by atoms with Crippen molar-refractivity contribution in [1.29, 1.82) is 5.26 Å². The third kappa shape index (κ3) is 10.1. The van der Waals surface area contributed by atoms with Crippen LogP contribution in [-0.2, 0) is 61.7 Å². The number of nitrogens with zero attached hydrogens (tertiary/aromatic N) is 7. The fraction of sp³-hybridized carbons (Fsp3) is 0.568. The maximum atomic E-state index is 15.9. The van der Waals surface area contributed by atoms with E-state index in [1.165, 1.54) is 21.8 Å². The van der Waals surface area contributed by atoms with E-state index in [1.54, 1.807) is 30.3 Å². The first kappa shape index (κ1) is 54.7. The molecule has 0 aliphatic carbocycles. The summed E-state index contributed by atoms with van der Waals surface area (Å²) in [6, 6.07) is 10.5. The number of amides is 1. The number of imidazole rings is 1. The van der Waals surface area contributed by atoms with Gasteiger partial charge in [-0.2, -0.15) is 5.26 Å². The van der Waals surface area contributed by atoms with Crippen LogP contribution in [0.4, 0.5) is 10.2 Å². The Hall–Kier alpha value is -4.09. The number of benzene rings is 1. The molecule has 4 saturated heterocycles. The molecule has 30 heteroatoms. The van der Waals surface area contributed by atoms with Crippen LogP contribution in [0.2, 0.25) is 22.2 Å². The lowest BCUT2D eigenvalue weighted by Crippen LogP contribution is -2.62. The van der Waals surface area contributed by atoms with Gasteiger partial charge in [0.05, 0.1) is 51.6 Å². The molecule has 0 spiro atoms. The lowest BCUT2D eigenvalue weighted by atomic mass is 10.0. The average molecular weight is 1120 g/mol. The molecule has 4 fully saturated rings. The average Bonchev–Trinajstić information content (AvgIpc) is 4.17. The maximum Gasteiger partial charge on any atom is 0.472 e. The number of nitrogens with one attached hydrogen (secondary N) is 2.